The molecule has 2 aromatic carbocycles. The minimum absolute atomic E-state index is 0.00534. The molecule has 4 unspecified atom stereocenters. The highest BCUT2D eigenvalue weighted by Crippen LogP contribution is 2.38. The topological polar surface area (TPSA) is 301 Å². The second kappa shape index (κ2) is 23.5. The molecule has 20 nitrogen and oxygen atoms in total. The van der Waals surface area contributed by atoms with Crippen molar-refractivity contribution in [3.63, 3.8) is 0 Å². The van der Waals surface area contributed by atoms with Gasteiger partial charge in [-0.15, -0.1) is 0 Å². The van der Waals surface area contributed by atoms with Crippen LogP contribution in [0.1, 0.15) is 47.0 Å². The normalized spacial score (nSPS) is 14.9. The van der Waals surface area contributed by atoms with Gasteiger partial charge in [0.25, 0.3) is 35.4 Å². The van der Waals surface area contributed by atoms with Gasteiger partial charge in [0, 0.05) is 60.5 Å². The molecular weight excluding hydrogens is 1360 g/mol. The van der Waals surface area contributed by atoms with E-state index in [1.54, 1.807) is 0 Å². The van der Waals surface area contributed by atoms with Crippen molar-refractivity contribution in [2.24, 2.45) is 0 Å². The molecule has 1 heterocycles. The number of benzene rings is 2. The summed E-state index contributed by atoms with van der Waals surface area (Å²) < 4.78 is 0.995. The van der Waals surface area contributed by atoms with Gasteiger partial charge in [0.2, 0.25) is 0 Å². The molecule has 332 valence electrons. The fourth-order valence-electron chi connectivity index (χ4n) is 5.84. The zero-order chi connectivity index (χ0) is 45.5. The quantitative estimate of drug-likeness (QED) is 0.0908. The van der Waals surface area contributed by atoms with Gasteiger partial charge in [-0.3, -0.25) is 28.8 Å². The van der Waals surface area contributed by atoms with Crippen LogP contribution in [0.4, 0.5) is 11.4 Å². The van der Waals surface area contributed by atoms with Crippen molar-refractivity contribution in [2.45, 2.75) is 31.3 Å². The summed E-state index contributed by atoms with van der Waals surface area (Å²) in [7, 11) is 2.75. The summed E-state index contributed by atoms with van der Waals surface area (Å²) in [5, 5.41) is 82.5. The van der Waals surface area contributed by atoms with Gasteiger partial charge in [0.05, 0.1) is 83.0 Å². The van der Waals surface area contributed by atoms with Gasteiger partial charge < -0.3 is 71.1 Å². The molecular formula is C35H43I5N6O14. The summed E-state index contributed by atoms with van der Waals surface area (Å²) in [6.07, 6.45) is -6.18. The first kappa shape index (κ1) is 52.9. The molecule has 10 N–H and O–H groups in total. The molecule has 60 heavy (non-hydrogen) atoms. The third kappa shape index (κ3) is 12.0. The van der Waals surface area contributed by atoms with Gasteiger partial charge in [-0.25, -0.2) is 0 Å². The van der Waals surface area contributed by atoms with Crippen LogP contribution in [0, 0.1) is 24.8 Å². The number of rotatable bonds is 16. The third-order valence-electron chi connectivity index (χ3n) is 9.19. The zero-order valence-corrected chi connectivity index (χ0v) is 42.9. The Morgan fingerprint density at radius 1 is 0.550 bits per heavy atom. The summed E-state index contributed by atoms with van der Waals surface area (Å²) >= 11 is 9.13. The summed E-state index contributed by atoms with van der Waals surface area (Å²) in [5.74, 6) is -4.47. The van der Waals surface area contributed by atoms with Crippen LogP contribution in [-0.2, 0) is 9.59 Å². The Balaban J connectivity index is 2.08. The van der Waals surface area contributed by atoms with Crippen molar-refractivity contribution < 1.29 is 69.6 Å². The number of piperazine rings is 1. The predicted molar refractivity (Wildman–Crippen MR) is 257 cm³/mol. The van der Waals surface area contributed by atoms with Gasteiger partial charge in [0.15, 0.2) is 12.2 Å². The van der Waals surface area contributed by atoms with E-state index in [2.05, 4.69) is 10.6 Å². The lowest BCUT2D eigenvalue weighted by molar-refractivity contribution is -0.126. The summed E-state index contributed by atoms with van der Waals surface area (Å²) in [4.78, 5) is 87.1. The maximum absolute atomic E-state index is 14.4. The number of carbonyl (C=O) groups is 6. The van der Waals surface area contributed by atoms with Crippen LogP contribution in [-0.4, -0.2) is 200 Å². The predicted octanol–water partition coefficient (Wildman–Crippen LogP) is -0.950. The van der Waals surface area contributed by atoms with Crippen molar-refractivity contribution in [3.05, 3.63) is 45.7 Å². The number of likely N-dealkylation sites (N-methyl/N-ethyl adjacent to an activating group) is 2. The molecule has 0 radical (unpaired) electrons. The lowest BCUT2D eigenvalue weighted by Crippen LogP contribution is -2.51. The standard InChI is InChI=1S/C35H43I5N6O14/c1-14-19(23(36)20(32(57)43(2)8-15(51)10-47)25(38)28(14)41-30(55)17(53)12-49)34(59)45-4-6-46(7-5-45)35(60)22-24(37)21(33(58)44(3)9-16(52)11-48)26(39)29(27(22)40)42-31(56)18(54)13-50/h15-18,47-54H,4-13H2,1-3H3,(H,41,55)(H,42,56). The van der Waals surface area contributed by atoms with Crippen molar-refractivity contribution in [1.82, 2.24) is 19.6 Å². The SMILES string of the molecule is Cc1c(NC(=O)C(O)CO)c(I)c(C(=O)N(C)CC(O)CO)c(I)c1C(=O)N1CCN(C(=O)c2c(I)c(NC(=O)C(O)CO)c(I)c(C(=O)N(C)CC(O)CO)c2I)CC1. The molecule has 1 aliphatic heterocycles. The number of hydrogen-bond donors (Lipinski definition) is 10. The van der Waals surface area contributed by atoms with Crippen LogP contribution < -0.4 is 10.6 Å². The van der Waals surface area contributed by atoms with Crippen LogP contribution in [0.2, 0.25) is 0 Å². The number of carbonyl (C=O) groups excluding carboxylic acids is 6. The van der Waals surface area contributed by atoms with Gasteiger partial charge in [-0.2, -0.15) is 0 Å². The van der Waals surface area contributed by atoms with E-state index in [1.165, 1.54) is 30.8 Å². The van der Waals surface area contributed by atoms with E-state index in [-0.39, 0.29) is 96.3 Å². The van der Waals surface area contributed by atoms with Crippen LogP contribution >= 0.6 is 113 Å². The molecule has 1 saturated heterocycles. The number of aliphatic hydroxyl groups is 8. The highest BCUT2D eigenvalue weighted by atomic mass is 127. The summed E-state index contributed by atoms with van der Waals surface area (Å²) in [6.45, 7) is -2.18. The smallest absolute Gasteiger partial charge is 0.256 e. The molecule has 3 rings (SSSR count). The van der Waals surface area contributed by atoms with Crippen molar-refractivity contribution in [3.8, 4) is 0 Å². The molecule has 0 aliphatic carbocycles. The summed E-state index contributed by atoms with van der Waals surface area (Å²) in [6, 6.07) is 0. The fraction of sp³-hybridized carbons (Fsp3) is 0.486. The highest BCUT2D eigenvalue weighted by molar-refractivity contribution is 14.1. The van der Waals surface area contributed by atoms with Gasteiger partial charge in [-0.05, 0) is 125 Å². The Bertz CT molecular complexity index is 1860. The molecule has 1 aliphatic rings. The second-order valence-corrected chi connectivity index (χ2v) is 18.8. The van der Waals surface area contributed by atoms with Crippen molar-refractivity contribution in [2.75, 3.05) is 90.4 Å². The number of nitrogens with zero attached hydrogens (tertiary/aromatic N) is 4. The van der Waals surface area contributed by atoms with E-state index >= 15 is 0 Å². The average Bonchev–Trinajstić information content (AvgIpc) is 3.22. The Morgan fingerprint density at radius 2 is 0.883 bits per heavy atom. The van der Waals surface area contributed by atoms with E-state index in [0.717, 1.165) is 9.80 Å². The van der Waals surface area contributed by atoms with Gasteiger partial charge in [0.1, 0.15) is 0 Å². The van der Waals surface area contributed by atoms with E-state index in [9.17, 15) is 69.6 Å². The lowest BCUT2D eigenvalue weighted by atomic mass is 9.99. The second-order valence-electron chi connectivity index (χ2n) is 13.4. The van der Waals surface area contributed by atoms with Crippen LogP contribution in [0.5, 0.6) is 0 Å². The highest BCUT2D eigenvalue weighted by Gasteiger charge is 2.36. The molecule has 0 spiro atoms. The summed E-state index contributed by atoms with van der Waals surface area (Å²) in [5.41, 5.74) is 0.259. The van der Waals surface area contributed by atoms with Gasteiger partial charge >= 0.3 is 0 Å². The Morgan fingerprint density at radius 3 is 1.27 bits per heavy atom. The van der Waals surface area contributed by atoms with Crippen molar-refractivity contribution in [1.29, 1.82) is 0 Å². The van der Waals surface area contributed by atoms with E-state index < -0.39 is 86.3 Å². The molecule has 6 amide bonds. The molecule has 2 aromatic rings. The molecule has 25 heteroatoms. The monoisotopic (exact) mass is 1410 g/mol. The van der Waals surface area contributed by atoms with Crippen LogP contribution in [0.3, 0.4) is 0 Å². The van der Waals surface area contributed by atoms with Crippen LogP contribution in [0.25, 0.3) is 0 Å². The average molecular weight is 1410 g/mol. The minimum Gasteiger partial charge on any atom is -0.394 e. The first-order valence-electron chi connectivity index (χ1n) is 17.7. The zero-order valence-electron chi connectivity index (χ0n) is 32.1. The third-order valence-corrected chi connectivity index (χ3v) is 14.6. The van der Waals surface area contributed by atoms with Gasteiger partial charge in [-0.1, -0.05) is 0 Å². The minimum atomic E-state index is -1.82. The first-order chi connectivity index (χ1) is 28.1. The molecule has 4 atom stereocenters. The van der Waals surface area contributed by atoms with E-state index in [4.69, 9.17) is 0 Å². The molecule has 0 aromatic heterocycles. The number of anilines is 2. The van der Waals surface area contributed by atoms with E-state index in [0.29, 0.717) is 0 Å². The Hall–Kier alpha value is -1.41. The number of amides is 6. The number of nitrogens with one attached hydrogen (secondary N) is 2. The largest absolute Gasteiger partial charge is 0.394 e. The van der Waals surface area contributed by atoms with Crippen molar-refractivity contribution >= 4 is 160 Å². The molecule has 0 bridgehead atoms. The molecule has 1 fully saturated rings. The van der Waals surface area contributed by atoms with Crippen LogP contribution in [0.15, 0.2) is 0 Å². The number of aliphatic hydroxyl groups excluding tert-OH is 8. The lowest BCUT2D eigenvalue weighted by Gasteiger charge is -2.36. The number of hydrogen-bond acceptors (Lipinski definition) is 14. The fourth-order valence-corrected chi connectivity index (χ4v) is 12.9. The Labute approximate surface area is 412 Å². The number of halogens is 5. The molecule has 0 saturated carbocycles. The maximum Gasteiger partial charge on any atom is 0.256 e. The Kier molecular flexibility index (Phi) is 20.7. The maximum atomic E-state index is 14.4. The van der Waals surface area contributed by atoms with E-state index in [1.807, 2.05) is 113 Å². The first-order valence-corrected chi connectivity index (χ1v) is 23.1.